The van der Waals surface area contributed by atoms with E-state index in [0.717, 1.165) is 26.5 Å². The summed E-state index contributed by atoms with van der Waals surface area (Å²) in [7, 11) is 0. The molecule has 0 N–H and O–H groups in total. The van der Waals surface area contributed by atoms with Gasteiger partial charge in [0.2, 0.25) is 0 Å². The van der Waals surface area contributed by atoms with E-state index in [0.29, 0.717) is 31.3 Å². The monoisotopic (exact) mass is 361 g/mol. The predicted octanol–water partition coefficient (Wildman–Crippen LogP) is 3.52. The van der Waals surface area contributed by atoms with Crippen LogP contribution in [-0.4, -0.2) is 46.9 Å². The van der Waals surface area contributed by atoms with Gasteiger partial charge in [0.15, 0.2) is 0 Å². The first-order valence-corrected chi connectivity index (χ1v) is 8.95. The number of carbonyl (C=O) groups is 1. The van der Waals surface area contributed by atoms with Gasteiger partial charge in [0.25, 0.3) is 5.91 Å². The molecule has 1 amide bonds. The van der Waals surface area contributed by atoms with Gasteiger partial charge in [-0.15, -0.1) is 11.3 Å². The van der Waals surface area contributed by atoms with Gasteiger partial charge in [-0.3, -0.25) is 4.79 Å². The Hall–Kier alpha value is -1.89. The zero-order valence-corrected chi connectivity index (χ0v) is 14.7. The molecule has 3 aromatic rings. The number of aromatic nitrogens is 2. The maximum Gasteiger partial charge on any atom is 0.264 e. The minimum absolute atomic E-state index is 0.0709. The number of carbonyl (C=O) groups excluding carboxylic acids is 1. The average Bonchev–Trinajstić information content (AvgIpc) is 3.17. The summed E-state index contributed by atoms with van der Waals surface area (Å²) in [5.41, 5.74) is 1.85. The molecule has 1 aliphatic heterocycles. The molecule has 0 spiro atoms. The summed E-state index contributed by atoms with van der Waals surface area (Å²) in [6.07, 6.45) is 0. The van der Waals surface area contributed by atoms with Crippen molar-refractivity contribution in [2.75, 3.05) is 26.3 Å². The molecule has 2 aromatic heterocycles. The summed E-state index contributed by atoms with van der Waals surface area (Å²) in [5, 5.41) is 6.31. The lowest BCUT2D eigenvalue weighted by molar-refractivity contribution is 0.0306. The van der Waals surface area contributed by atoms with E-state index in [1.54, 1.807) is 0 Å². The largest absolute Gasteiger partial charge is 0.378 e. The van der Waals surface area contributed by atoms with E-state index in [1.807, 2.05) is 46.8 Å². The third-order valence-corrected chi connectivity index (χ3v) is 5.48. The number of halogens is 1. The van der Waals surface area contributed by atoms with Crippen LogP contribution in [0.4, 0.5) is 0 Å². The highest BCUT2D eigenvalue weighted by atomic mass is 35.5. The fourth-order valence-electron chi connectivity index (χ4n) is 2.83. The van der Waals surface area contributed by atoms with Crippen LogP contribution >= 0.6 is 22.9 Å². The molecule has 0 bridgehead atoms. The Kier molecular flexibility index (Phi) is 4.04. The third kappa shape index (κ3) is 2.70. The number of aryl methyl sites for hydroxylation is 1. The van der Waals surface area contributed by atoms with Crippen molar-refractivity contribution in [3.05, 3.63) is 45.9 Å². The molecule has 5 nitrogen and oxygen atoms in total. The van der Waals surface area contributed by atoms with E-state index in [2.05, 4.69) is 5.10 Å². The predicted molar refractivity (Wildman–Crippen MR) is 95.4 cm³/mol. The highest BCUT2D eigenvalue weighted by molar-refractivity contribution is 7.20. The molecule has 3 heterocycles. The Bertz CT molecular complexity index is 895. The molecule has 0 atom stereocenters. The van der Waals surface area contributed by atoms with Crippen LogP contribution in [0.1, 0.15) is 15.4 Å². The van der Waals surface area contributed by atoms with Crippen molar-refractivity contribution < 1.29 is 9.53 Å². The Morgan fingerprint density at radius 1 is 1.25 bits per heavy atom. The highest BCUT2D eigenvalue weighted by Gasteiger charge is 2.22. The number of thiophene rings is 1. The Balaban J connectivity index is 1.74. The molecule has 7 heteroatoms. The van der Waals surface area contributed by atoms with Crippen molar-refractivity contribution in [1.82, 2.24) is 14.7 Å². The standard InChI is InChI=1S/C17H16ClN3O2S/c1-11-14-10-15(16(22)20-6-8-23-9-7-20)24-17(14)21(19-11)13-4-2-12(18)3-5-13/h2-5,10H,6-9H2,1H3. The van der Waals surface area contributed by atoms with Crippen molar-refractivity contribution in [2.24, 2.45) is 0 Å². The number of amides is 1. The van der Waals surface area contributed by atoms with Gasteiger partial charge in [0.05, 0.1) is 29.5 Å². The molecule has 1 aromatic carbocycles. The van der Waals surface area contributed by atoms with Crippen LogP contribution in [0.2, 0.25) is 5.02 Å². The molecule has 4 rings (SSSR count). The van der Waals surface area contributed by atoms with Gasteiger partial charge >= 0.3 is 0 Å². The minimum atomic E-state index is 0.0709. The smallest absolute Gasteiger partial charge is 0.264 e. The van der Waals surface area contributed by atoms with Crippen molar-refractivity contribution in [3.63, 3.8) is 0 Å². The number of ether oxygens (including phenoxy) is 1. The number of fused-ring (bicyclic) bond motifs is 1. The fraction of sp³-hybridized carbons (Fsp3) is 0.294. The topological polar surface area (TPSA) is 47.4 Å². The molecule has 124 valence electrons. The number of benzene rings is 1. The third-order valence-electron chi connectivity index (χ3n) is 4.12. The quantitative estimate of drug-likeness (QED) is 0.701. The molecule has 0 radical (unpaired) electrons. The molecule has 1 saturated heterocycles. The van der Waals surface area contributed by atoms with Crippen LogP contribution in [0.3, 0.4) is 0 Å². The summed E-state index contributed by atoms with van der Waals surface area (Å²) in [6.45, 7) is 4.47. The summed E-state index contributed by atoms with van der Waals surface area (Å²) in [4.78, 5) is 16.3. The number of rotatable bonds is 2. The molecule has 1 aliphatic rings. The second-order valence-electron chi connectivity index (χ2n) is 5.71. The normalized spacial score (nSPS) is 15.2. The van der Waals surface area contributed by atoms with Gasteiger partial charge in [-0.05, 0) is 37.3 Å². The average molecular weight is 362 g/mol. The van der Waals surface area contributed by atoms with E-state index < -0.39 is 0 Å². The molecule has 24 heavy (non-hydrogen) atoms. The van der Waals surface area contributed by atoms with E-state index in [9.17, 15) is 4.79 Å². The van der Waals surface area contributed by atoms with Crippen LogP contribution in [0.5, 0.6) is 0 Å². The number of hydrogen-bond donors (Lipinski definition) is 0. The van der Waals surface area contributed by atoms with E-state index >= 15 is 0 Å². The van der Waals surface area contributed by atoms with Gasteiger partial charge < -0.3 is 9.64 Å². The van der Waals surface area contributed by atoms with Gasteiger partial charge in [-0.1, -0.05) is 11.6 Å². The lowest BCUT2D eigenvalue weighted by Crippen LogP contribution is -2.40. The second-order valence-corrected chi connectivity index (χ2v) is 7.17. The van der Waals surface area contributed by atoms with Crippen LogP contribution in [0.25, 0.3) is 15.9 Å². The first-order chi connectivity index (χ1) is 11.6. The highest BCUT2D eigenvalue weighted by Crippen LogP contribution is 2.31. The lowest BCUT2D eigenvalue weighted by Gasteiger charge is -2.26. The number of nitrogens with zero attached hydrogens (tertiary/aromatic N) is 3. The molecule has 0 saturated carbocycles. The molecular formula is C17H16ClN3O2S. The Morgan fingerprint density at radius 3 is 2.67 bits per heavy atom. The molecule has 0 aliphatic carbocycles. The zero-order valence-electron chi connectivity index (χ0n) is 13.2. The first-order valence-electron chi connectivity index (χ1n) is 7.75. The van der Waals surface area contributed by atoms with Gasteiger partial charge in [-0.25, -0.2) is 4.68 Å². The second kappa shape index (κ2) is 6.20. The van der Waals surface area contributed by atoms with E-state index in [1.165, 1.54) is 11.3 Å². The molecular weight excluding hydrogens is 346 g/mol. The summed E-state index contributed by atoms with van der Waals surface area (Å²) >= 11 is 7.45. The summed E-state index contributed by atoms with van der Waals surface area (Å²) < 4.78 is 7.20. The maximum atomic E-state index is 12.7. The van der Waals surface area contributed by atoms with Crippen LogP contribution in [0, 0.1) is 6.92 Å². The summed E-state index contributed by atoms with van der Waals surface area (Å²) in [6, 6.07) is 9.49. The van der Waals surface area contributed by atoms with Crippen LogP contribution in [-0.2, 0) is 4.74 Å². The van der Waals surface area contributed by atoms with Crippen molar-refractivity contribution in [1.29, 1.82) is 0 Å². The van der Waals surface area contributed by atoms with Gasteiger partial charge in [0, 0.05) is 23.5 Å². The molecule has 0 unspecified atom stereocenters. The van der Waals surface area contributed by atoms with E-state index in [-0.39, 0.29) is 5.91 Å². The van der Waals surface area contributed by atoms with Crippen molar-refractivity contribution in [3.8, 4) is 5.69 Å². The number of morpholine rings is 1. The van der Waals surface area contributed by atoms with Crippen molar-refractivity contribution in [2.45, 2.75) is 6.92 Å². The maximum absolute atomic E-state index is 12.7. The lowest BCUT2D eigenvalue weighted by atomic mass is 10.3. The minimum Gasteiger partial charge on any atom is -0.378 e. The van der Waals surface area contributed by atoms with Gasteiger partial charge in [-0.2, -0.15) is 5.10 Å². The number of hydrogen-bond acceptors (Lipinski definition) is 4. The van der Waals surface area contributed by atoms with Crippen molar-refractivity contribution >= 4 is 39.1 Å². The van der Waals surface area contributed by atoms with Gasteiger partial charge in [0.1, 0.15) is 4.83 Å². The first kappa shape index (κ1) is 15.6. The van der Waals surface area contributed by atoms with E-state index in [4.69, 9.17) is 16.3 Å². The Labute approximate surface area is 148 Å². The fourth-order valence-corrected chi connectivity index (χ4v) is 4.11. The summed E-state index contributed by atoms with van der Waals surface area (Å²) in [5.74, 6) is 0.0709. The van der Waals surface area contributed by atoms with Crippen LogP contribution < -0.4 is 0 Å². The zero-order chi connectivity index (χ0) is 16.7. The SMILES string of the molecule is Cc1nn(-c2ccc(Cl)cc2)c2sc(C(=O)N3CCOCC3)cc12. The Morgan fingerprint density at radius 2 is 1.96 bits per heavy atom. The van der Waals surface area contributed by atoms with Crippen LogP contribution in [0.15, 0.2) is 30.3 Å². The molecule has 1 fully saturated rings.